The van der Waals surface area contributed by atoms with E-state index >= 15 is 0 Å². The zero-order valence-electron chi connectivity index (χ0n) is 13.1. The van der Waals surface area contributed by atoms with Gasteiger partial charge in [0, 0.05) is 13.6 Å². The predicted molar refractivity (Wildman–Crippen MR) is 98.5 cm³/mol. The molecule has 0 aliphatic carbocycles. The molecule has 7 heteroatoms. The van der Waals surface area contributed by atoms with Gasteiger partial charge in [0.1, 0.15) is 16.0 Å². The Morgan fingerprint density at radius 1 is 1.29 bits per heavy atom. The maximum atomic E-state index is 13.0. The number of pyridine rings is 1. The molecule has 1 amide bonds. The van der Waals surface area contributed by atoms with E-state index < -0.39 is 0 Å². The van der Waals surface area contributed by atoms with Gasteiger partial charge in [-0.2, -0.15) is 0 Å². The van der Waals surface area contributed by atoms with Crippen molar-refractivity contribution in [2.45, 2.75) is 6.92 Å². The molecule has 4 rings (SSSR count). The van der Waals surface area contributed by atoms with Crippen LogP contribution in [0.4, 0.5) is 0 Å². The van der Waals surface area contributed by atoms with Crippen LogP contribution in [0.1, 0.15) is 17.3 Å². The smallest absolute Gasteiger partial charge is 0.259 e. The van der Waals surface area contributed by atoms with Crippen molar-refractivity contribution < 1.29 is 4.79 Å². The van der Waals surface area contributed by atoms with Crippen molar-refractivity contribution in [1.82, 2.24) is 14.3 Å². The number of aromatic nitrogens is 2. The molecule has 0 spiro atoms. The first-order valence-corrected chi connectivity index (χ1v) is 8.73. The molecule has 0 radical (unpaired) electrons. The Balaban J connectivity index is 2.35. The topological polar surface area (TPSA) is 55.5 Å². The molecule has 122 valence electrons. The fraction of sp³-hybridized carbons (Fsp3) is 0.176. The van der Waals surface area contributed by atoms with Crippen LogP contribution in [0.25, 0.3) is 26.9 Å². The molecule has 0 saturated heterocycles. The predicted octanol–water partition coefficient (Wildman–Crippen LogP) is 3.41. The maximum absolute atomic E-state index is 13.0. The summed E-state index contributed by atoms with van der Waals surface area (Å²) in [5, 5.41) is 3.21. The van der Waals surface area contributed by atoms with Crippen LogP contribution in [0.5, 0.6) is 0 Å². The molecule has 0 atom stereocenters. The zero-order valence-corrected chi connectivity index (χ0v) is 14.7. The van der Waals surface area contributed by atoms with E-state index in [1.807, 2.05) is 47.2 Å². The van der Waals surface area contributed by atoms with Gasteiger partial charge < -0.3 is 9.88 Å². The van der Waals surface area contributed by atoms with E-state index in [1.165, 1.54) is 11.3 Å². The minimum atomic E-state index is -0.366. The van der Waals surface area contributed by atoms with Gasteiger partial charge in [-0.25, -0.2) is 0 Å². The second kappa shape index (κ2) is 5.36. The minimum absolute atomic E-state index is 0.150. The molecule has 1 aromatic carbocycles. The number of carbonyl (C=O) groups excluding carboxylic acids is 1. The van der Waals surface area contributed by atoms with Crippen molar-refractivity contribution >= 4 is 55.7 Å². The van der Waals surface area contributed by atoms with Crippen molar-refractivity contribution in [3.8, 4) is 0 Å². The summed E-state index contributed by atoms with van der Waals surface area (Å²) >= 11 is 7.51. The number of thiophene rings is 1. The highest BCUT2D eigenvalue weighted by Gasteiger charge is 2.24. The first kappa shape index (κ1) is 15.2. The molecule has 3 heterocycles. The molecular weight excluding hydrogens is 346 g/mol. The molecule has 0 bridgehead atoms. The van der Waals surface area contributed by atoms with E-state index in [0.717, 1.165) is 15.9 Å². The number of rotatable bonds is 2. The lowest BCUT2D eigenvalue weighted by Crippen LogP contribution is -2.29. The van der Waals surface area contributed by atoms with Crippen LogP contribution >= 0.6 is 22.9 Å². The van der Waals surface area contributed by atoms with Gasteiger partial charge in [0.15, 0.2) is 0 Å². The summed E-state index contributed by atoms with van der Waals surface area (Å²) in [6.07, 6.45) is 0. The highest BCUT2D eigenvalue weighted by atomic mass is 35.5. The summed E-state index contributed by atoms with van der Waals surface area (Å²) < 4.78 is 4.36. The molecule has 3 aromatic heterocycles. The van der Waals surface area contributed by atoms with Gasteiger partial charge in [-0.15, -0.1) is 11.3 Å². The Kier molecular flexibility index (Phi) is 3.40. The normalized spacial score (nSPS) is 11.6. The number of aryl methyl sites for hydroxylation is 1. The highest BCUT2D eigenvalue weighted by molar-refractivity contribution is 7.22. The van der Waals surface area contributed by atoms with Crippen LogP contribution in [0, 0.1) is 0 Å². The minimum Gasteiger partial charge on any atom is -0.352 e. The van der Waals surface area contributed by atoms with E-state index in [1.54, 1.807) is 6.07 Å². The average molecular weight is 360 g/mol. The number of benzene rings is 1. The number of halogens is 1. The molecule has 4 aromatic rings. The van der Waals surface area contributed by atoms with Crippen molar-refractivity contribution in [2.24, 2.45) is 7.05 Å². The molecule has 5 nitrogen and oxygen atoms in total. The number of amides is 1. The lowest BCUT2D eigenvalue weighted by atomic mass is 10.2. The molecule has 0 aliphatic heterocycles. The van der Waals surface area contributed by atoms with Crippen LogP contribution in [0.3, 0.4) is 0 Å². The van der Waals surface area contributed by atoms with E-state index in [2.05, 4.69) is 5.32 Å². The second-order valence-corrected chi connectivity index (χ2v) is 7.20. The van der Waals surface area contributed by atoms with Gasteiger partial charge in [0.05, 0.1) is 20.8 Å². The maximum Gasteiger partial charge on any atom is 0.259 e. The average Bonchev–Trinajstić information content (AvgIpc) is 3.08. The Morgan fingerprint density at radius 2 is 2.00 bits per heavy atom. The van der Waals surface area contributed by atoms with Gasteiger partial charge in [-0.3, -0.25) is 14.0 Å². The number of imidazole rings is 1. The van der Waals surface area contributed by atoms with E-state index in [-0.39, 0.29) is 16.9 Å². The number of para-hydroxylation sites is 2. The molecule has 0 unspecified atom stereocenters. The standard InChI is InChI=1S/C17H14ClN3O2S/c1-3-19-15(23)13-14(22)9-8-12(18)24-17(9)21-11-7-5-4-6-10(11)20(2)16(13)21/h4-8H,3H2,1-2H3,(H,19,23). The molecule has 0 saturated carbocycles. The van der Waals surface area contributed by atoms with E-state index in [9.17, 15) is 9.59 Å². The fourth-order valence-corrected chi connectivity index (χ4v) is 4.40. The van der Waals surface area contributed by atoms with Crippen LogP contribution < -0.4 is 10.7 Å². The third-order valence-electron chi connectivity index (χ3n) is 4.16. The number of carbonyl (C=O) groups is 1. The van der Waals surface area contributed by atoms with Crippen LogP contribution in [0.15, 0.2) is 35.1 Å². The van der Waals surface area contributed by atoms with Crippen LogP contribution in [-0.4, -0.2) is 21.4 Å². The van der Waals surface area contributed by atoms with Crippen molar-refractivity contribution in [2.75, 3.05) is 6.54 Å². The van der Waals surface area contributed by atoms with E-state index in [0.29, 0.717) is 21.9 Å². The third-order valence-corrected chi connectivity index (χ3v) is 5.41. The van der Waals surface area contributed by atoms with Crippen molar-refractivity contribution in [3.63, 3.8) is 0 Å². The highest BCUT2D eigenvalue weighted by Crippen LogP contribution is 2.32. The Morgan fingerprint density at radius 3 is 2.71 bits per heavy atom. The number of nitrogens with one attached hydrogen (secondary N) is 1. The lowest BCUT2D eigenvalue weighted by molar-refractivity contribution is 0.0956. The summed E-state index contributed by atoms with van der Waals surface area (Å²) in [5.41, 5.74) is 2.32. The Labute approximate surface area is 146 Å². The summed E-state index contributed by atoms with van der Waals surface area (Å²) in [5.74, 6) is -0.366. The quantitative estimate of drug-likeness (QED) is 0.596. The monoisotopic (exact) mass is 359 g/mol. The van der Waals surface area contributed by atoms with Gasteiger partial charge in [-0.1, -0.05) is 23.7 Å². The largest absolute Gasteiger partial charge is 0.352 e. The Hall–Kier alpha value is -2.31. The van der Waals surface area contributed by atoms with Crippen molar-refractivity contribution in [3.05, 3.63) is 50.5 Å². The number of fused-ring (bicyclic) bond motifs is 5. The van der Waals surface area contributed by atoms with Gasteiger partial charge in [-0.05, 0) is 25.1 Å². The number of hydrogen-bond donors (Lipinski definition) is 1. The van der Waals surface area contributed by atoms with Gasteiger partial charge in [0.2, 0.25) is 5.43 Å². The molecule has 0 aliphatic rings. The molecule has 24 heavy (non-hydrogen) atoms. The third kappa shape index (κ3) is 1.93. The summed E-state index contributed by atoms with van der Waals surface area (Å²) in [7, 11) is 1.86. The second-order valence-electron chi connectivity index (χ2n) is 5.54. The zero-order chi connectivity index (χ0) is 17.0. The van der Waals surface area contributed by atoms with Gasteiger partial charge in [0.25, 0.3) is 5.91 Å². The van der Waals surface area contributed by atoms with Gasteiger partial charge >= 0.3 is 0 Å². The summed E-state index contributed by atoms with van der Waals surface area (Å²) in [6, 6.07) is 9.45. The van der Waals surface area contributed by atoms with E-state index in [4.69, 9.17) is 11.6 Å². The summed E-state index contributed by atoms with van der Waals surface area (Å²) in [4.78, 5) is 26.3. The SMILES string of the molecule is CCNC(=O)c1c(=O)c2cc(Cl)sc2n2c3ccccc3n(C)c12. The number of hydrogen-bond acceptors (Lipinski definition) is 3. The first-order chi connectivity index (χ1) is 11.5. The fourth-order valence-electron chi connectivity index (χ4n) is 3.17. The first-order valence-electron chi connectivity index (χ1n) is 7.54. The molecular formula is C17H14ClN3O2S. The van der Waals surface area contributed by atoms with Crippen molar-refractivity contribution in [1.29, 1.82) is 0 Å². The summed E-state index contributed by atoms with van der Waals surface area (Å²) in [6.45, 7) is 2.28. The Bertz CT molecular complexity index is 1190. The van der Waals surface area contributed by atoms with Crippen LogP contribution in [-0.2, 0) is 7.05 Å². The van der Waals surface area contributed by atoms with Crippen LogP contribution in [0.2, 0.25) is 4.34 Å². The number of nitrogens with zero attached hydrogens (tertiary/aromatic N) is 2. The molecule has 1 N–H and O–H groups in total. The molecule has 0 fully saturated rings. The lowest BCUT2D eigenvalue weighted by Gasteiger charge is -2.07.